The number of benzene rings is 1. The van der Waals surface area contributed by atoms with E-state index in [2.05, 4.69) is 20.2 Å². The lowest BCUT2D eigenvalue weighted by molar-refractivity contribution is 0.0332. The van der Waals surface area contributed by atoms with Gasteiger partial charge >= 0.3 is 0 Å². The lowest BCUT2D eigenvalue weighted by Crippen LogP contribution is -2.35. The predicted octanol–water partition coefficient (Wildman–Crippen LogP) is 3.33. The standard InChI is InChI=1S/C19H22N4O2S/c1-12-9-17(26-13(12)2)19(24)20-14-3-4-15-16(10-14)22-18(21-15)11-23-5-7-25-8-6-23/h3-4,9-10H,5-8,11H2,1-2H3,(H,20,24)(H,21,22). The molecule has 1 aliphatic rings. The van der Waals surface area contributed by atoms with Crippen molar-refractivity contribution in [2.45, 2.75) is 20.4 Å². The number of nitrogens with one attached hydrogen (secondary N) is 2. The molecule has 136 valence electrons. The number of aromatic amines is 1. The van der Waals surface area contributed by atoms with Gasteiger partial charge in [0, 0.05) is 23.7 Å². The minimum Gasteiger partial charge on any atom is -0.379 e. The van der Waals surface area contributed by atoms with E-state index >= 15 is 0 Å². The van der Waals surface area contributed by atoms with Gasteiger partial charge in [-0.15, -0.1) is 11.3 Å². The topological polar surface area (TPSA) is 70.2 Å². The number of anilines is 1. The first-order valence-electron chi connectivity index (χ1n) is 8.75. The largest absolute Gasteiger partial charge is 0.379 e. The van der Waals surface area contributed by atoms with Crippen LogP contribution in [0.1, 0.15) is 25.9 Å². The SMILES string of the molecule is Cc1cc(C(=O)Nc2ccc3nc(CN4CCOCC4)[nH]c3c2)sc1C. The van der Waals surface area contributed by atoms with Crippen molar-refractivity contribution in [1.82, 2.24) is 14.9 Å². The number of aryl methyl sites for hydroxylation is 2. The number of carbonyl (C=O) groups excluding carboxylic acids is 1. The molecule has 6 nitrogen and oxygen atoms in total. The number of imidazole rings is 1. The monoisotopic (exact) mass is 370 g/mol. The first-order valence-corrected chi connectivity index (χ1v) is 9.57. The van der Waals surface area contributed by atoms with Crippen molar-refractivity contribution in [3.63, 3.8) is 0 Å². The molecule has 1 fully saturated rings. The Hall–Kier alpha value is -2.22. The summed E-state index contributed by atoms with van der Waals surface area (Å²) < 4.78 is 5.38. The first kappa shape index (κ1) is 17.2. The van der Waals surface area contributed by atoms with E-state index in [9.17, 15) is 4.79 Å². The predicted molar refractivity (Wildman–Crippen MR) is 104 cm³/mol. The molecule has 7 heteroatoms. The van der Waals surface area contributed by atoms with E-state index in [4.69, 9.17) is 4.74 Å². The number of amides is 1. The summed E-state index contributed by atoms with van der Waals surface area (Å²) in [5.74, 6) is 0.869. The Balaban J connectivity index is 1.49. The maximum Gasteiger partial charge on any atom is 0.265 e. The molecule has 3 aromatic rings. The first-order chi connectivity index (χ1) is 12.6. The number of morpholine rings is 1. The number of hydrogen-bond donors (Lipinski definition) is 2. The Morgan fingerprint density at radius 3 is 2.85 bits per heavy atom. The summed E-state index contributed by atoms with van der Waals surface area (Å²) in [5.41, 5.74) is 3.77. The zero-order chi connectivity index (χ0) is 18.1. The number of thiophene rings is 1. The van der Waals surface area contributed by atoms with Crippen LogP contribution in [0.15, 0.2) is 24.3 Å². The summed E-state index contributed by atoms with van der Waals surface area (Å²) in [4.78, 5) is 24.7. The highest BCUT2D eigenvalue weighted by Gasteiger charge is 2.14. The van der Waals surface area contributed by atoms with Crippen molar-refractivity contribution in [3.8, 4) is 0 Å². The number of H-pyrrole nitrogens is 1. The number of fused-ring (bicyclic) bond motifs is 1. The molecule has 4 rings (SSSR count). The highest BCUT2D eigenvalue weighted by Crippen LogP contribution is 2.23. The van der Waals surface area contributed by atoms with E-state index in [1.807, 2.05) is 38.1 Å². The Morgan fingerprint density at radius 1 is 1.31 bits per heavy atom. The van der Waals surface area contributed by atoms with Crippen LogP contribution in [-0.4, -0.2) is 47.1 Å². The van der Waals surface area contributed by atoms with Crippen LogP contribution in [0.5, 0.6) is 0 Å². The van der Waals surface area contributed by atoms with Gasteiger partial charge in [-0.3, -0.25) is 9.69 Å². The van der Waals surface area contributed by atoms with Crippen molar-refractivity contribution in [2.75, 3.05) is 31.6 Å². The minimum atomic E-state index is -0.0707. The van der Waals surface area contributed by atoms with Gasteiger partial charge in [-0.05, 0) is 43.7 Å². The van der Waals surface area contributed by atoms with Crippen molar-refractivity contribution < 1.29 is 9.53 Å². The zero-order valence-corrected chi connectivity index (χ0v) is 15.8. The van der Waals surface area contributed by atoms with Crippen LogP contribution in [0.4, 0.5) is 5.69 Å². The molecule has 0 aliphatic carbocycles. The smallest absolute Gasteiger partial charge is 0.265 e. The quantitative estimate of drug-likeness (QED) is 0.739. The van der Waals surface area contributed by atoms with Gasteiger partial charge in [-0.1, -0.05) is 0 Å². The summed E-state index contributed by atoms with van der Waals surface area (Å²) in [5, 5.41) is 2.98. The van der Waals surface area contributed by atoms with Crippen molar-refractivity contribution in [1.29, 1.82) is 0 Å². The van der Waals surface area contributed by atoms with Crippen LogP contribution in [0.25, 0.3) is 11.0 Å². The van der Waals surface area contributed by atoms with Gasteiger partial charge in [0.05, 0.1) is 35.7 Å². The van der Waals surface area contributed by atoms with Crippen molar-refractivity contribution in [3.05, 3.63) is 45.4 Å². The van der Waals surface area contributed by atoms with E-state index in [0.717, 1.165) is 65.8 Å². The lowest BCUT2D eigenvalue weighted by Gasteiger charge is -2.25. The Labute approximate surface area is 156 Å². The number of aromatic nitrogens is 2. The van der Waals surface area contributed by atoms with Gasteiger partial charge in [0.2, 0.25) is 0 Å². The van der Waals surface area contributed by atoms with Gasteiger partial charge in [0.15, 0.2) is 0 Å². The molecule has 1 aliphatic heterocycles. The number of ether oxygens (including phenoxy) is 1. The van der Waals surface area contributed by atoms with E-state index in [1.54, 1.807) is 0 Å². The van der Waals surface area contributed by atoms with Gasteiger partial charge in [0.1, 0.15) is 5.82 Å². The fourth-order valence-corrected chi connectivity index (χ4v) is 3.99. The summed E-state index contributed by atoms with van der Waals surface area (Å²) in [7, 11) is 0. The van der Waals surface area contributed by atoms with Crippen LogP contribution >= 0.6 is 11.3 Å². The van der Waals surface area contributed by atoms with E-state index in [1.165, 1.54) is 16.2 Å². The molecule has 0 saturated carbocycles. The number of hydrogen-bond acceptors (Lipinski definition) is 5. The second kappa shape index (κ2) is 7.19. The van der Waals surface area contributed by atoms with Crippen molar-refractivity contribution >= 4 is 34.0 Å². The summed E-state index contributed by atoms with van der Waals surface area (Å²) >= 11 is 1.52. The molecule has 0 unspecified atom stereocenters. The van der Waals surface area contributed by atoms with Gasteiger partial charge in [0.25, 0.3) is 5.91 Å². The molecule has 2 aromatic heterocycles. The fourth-order valence-electron chi connectivity index (χ4n) is 3.06. The highest BCUT2D eigenvalue weighted by atomic mass is 32.1. The molecular weight excluding hydrogens is 348 g/mol. The summed E-state index contributed by atoms with van der Waals surface area (Å²) in [6.45, 7) is 8.25. The Morgan fingerprint density at radius 2 is 2.12 bits per heavy atom. The molecule has 1 amide bonds. The van der Waals surface area contributed by atoms with Crippen LogP contribution < -0.4 is 5.32 Å². The van der Waals surface area contributed by atoms with Crippen LogP contribution in [0.3, 0.4) is 0 Å². The Kier molecular flexibility index (Phi) is 4.76. The normalized spacial score (nSPS) is 15.5. The summed E-state index contributed by atoms with van der Waals surface area (Å²) in [6, 6.07) is 7.71. The van der Waals surface area contributed by atoms with Gasteiger partial charge in [-0.2, -0.15) is 0 Å². The van der Waals surface area contributed by atoms with E-state index in [0.29, 0.717) is 0 Å². The molecule has 26 heavy (non-hydrogen) atoms. The average molecular weight is 370 g/mol. The van der Waals surface area contributed by atoms with E-state index in [-0.39, 0.29) is 5.91 Å². The molecule has 3 heterocycles. The minimum absolute atomic E-state index is 0.0707. The molecule has 0 bridgehead atoms. The van der Waals surface area contributed by atoms with Gasteiger partial charge < -0.3 is 15.0 Å². The molecule has 1 aromatic carbocycles. The molecule has 1 saturated heterocycles. The average Bonchev–Trinajstić information content (AvgIpc) is 3.18. The zero-order valence-electron chi connectivity index (χ0n) is 15.0. The molecule has 0 radical (unpaired) electrons. The molecule has 0 atom stereocenters. The van der Waals surface area contributed by atoms with Crippen LogP contribution in [0, 0.1) is 13.8 Å². The number of carbonyl (C=O) groups is 1. The third kappa shape index (κ3) is 3.65. The van der Waals surface area contributed by atoms with Crippen LogP contribution in [0.2, 0.25) is 0 Å². The Bertz CT molecular complexity index is 921. The number of nitrogens with zero attached hydrogens (tertiary/aromatic N) is 2. The second-order valence-electron chi connectivity index (χ2n) is 6.61. The second-order valence-corrected chi connectivity index (χ2v) is 7.86. The summed E-state index contributed by atoms with van der Waals surface area (Å²) in [6.07, 6.45) is 0. The van der Waals surface area contributed by atoms with Crippen LogP contribution in [-0.2, 0) is 11.3 Å². The third-order valence-corrected chi connectivity index (χ3v) is 5.81. The third-order valence-electron chi connectivity index (χ3n) is 4.66. The van der Waals surface area contributed by atoms with Gasteiger partial charge in [-0.25, -0.2) is 4.98 Å². The maximum atomic E-state index is 12.4. The highest BCUT2D eigenvalue weighted by molar-refractivity contribution is 7.14. The molecular formula is C19H22N4O2S. The molecule has 0 spiro atoms. The van der Waals surface area contributed by atoms with Crippen molar-refractivity contribution in [2.24, 2.45) is 0 Å². The fraction of sp³-hybridized carbons (Fsp3) is 0.368. The number of rotatable bonds is 4. The lowest BCUT2D eigenvalue weighted by atomic mass is 10.2. The van der Waals surface area contributed by atoms with E-state index < -0.39 is 0 Å². The molecule has 2 N–H and O–H groups in total. The maximum absolute atomic E-state index is 12.4.